The molecular formula is C7H9O2. The second kappa shape index (κ2) is 2.67. The minimum absolute atomic E-state index is 0.215. The van der Waals surface area contributed by atoms with E-state index in [2.05, 4.69) is 10.8 Å². The number of rotatable bonds is 1. The minimum atomic E-state index is -0.215. The van der Waals surface area contributed by atoms with Gasteiger partial charge in [0.25, 0.3) is 0 Å². The molecule has 0 aliphatic heterocycles. The first kappa shape index (κ1) is 6.33. The van der Waals surface area contributed by atoms with Crippen molar-refractivity contribution < 1.29 is 9.53 Å². The molecule has 0 saturated heterocycles. The Bertz CT molecular complexity index is 147. The van der Waals surface area contributed by atoms with Gasteiger partial charge < -0.3 is 4.74 Å². The number of methoxy groups -OCH3 is 1. The predicted molar refractivity (Wildman–Crippen MR) is 32.6 cm³/mol. The Kier molecular flexibility index (Phi) is 1.88. The van der Waals surface area contributed by atoms with Gasteiger partial charge in [0.2, 0.25) is 0 Å². The summed E-state index contributed by atoms with van der Waals surface area (Å²) in [6.07, 6.45) is 5.74. The van der Waals surface area contributed by atoms with Gasteiger partial charge in [-0.25, -0.2) is 4.79 Å². The van der Waals surface area contributed by atoms with Crippen LogP contribution in [0, 0.1) is 6.08 Å². The van der Waals surface area contributed by atoms with Crippen LogP contribution in [0.2, 0.25) is 0 Å². The second-order valence-corrected chi connectivity index (χ2v) is 2.00. The highest BCUT2D eigenvalue weighted by molar-refractivity contribution is 5.87. The van der Waals surface area contributed by atoms with Gasteiger partial charge in [-0.15, -0.1) is 0 Å². The molecule has 0 aromatic carbocycles. The molecule has 0 atom stereocenters. The zero-order valence-corrected chi connectivity index (χ0v) is 5.44. The van der Waals surface area contributed by atoms with Crippen molar-refractivity contribution in [1.82, 2.24) is 0 Å². The Hall–Kier alpha value is -0.790. The quantitative estimate of drug-likeness (QED) is 0.490. The normalized spacial score (nSPS) is 17.2. The van der Waals surface area contributed by atoms with E-state index in [0.717, 1.165) is 24.8 Å². The molecule has 2 nitrogen and oxygen atoms in total. The third-order valence-corrected chi connectivity index (χ3v) is 1.37. The molecule has 0 unspecified atom stereocenters. The Balaban J connectivity index is 2.51. The van der Waals surface area contributed by atoms with Crippen molar-refractivity contribution in [2.24, 2.45) is 0 Å². The van der Waals surface area contributed by atoms with Gasteiger partial charge in [0.15, 0.2) is 0 Å². The zero-order chi connectivity index (χ0) is 6.69. The topological polar surface area (TPSA) is 26.3 Å². The van der Waals surface area contributed by atoms with Gasteiger partial charge in [0.1, 0.15) is 0 Å². The maximum absolute atomic E-state index is 10.7. The van der Waals surface area contributed by atoms with Gasteiger partial charge in [-0.05, 0) is 25.3 Å². The van der Waals surface area contributed by atoms with Crippen LogP contribution in [0.15, 0.2) is 5.57 Å². The number of hydrogen-bond donors (Lipinski definition) is 0. The average molecular weight is 125 g/mol. The lowest BCUT2D eigenvalue weighted by Crippen LogP contribution is -2.01. The van der Waals surface area contributed by atoms with Crippen LogP contribution in [0.25, 0.3) is 0 Å². The SMILES string of the molecule is COC(=O)C1=[C]CCC1. The van der Waals surface area contributed by atoms with Crippen molar-refractivity contribution in [1.29, 1.82) is 0 Å². The molecule has 0 aromatic heterocycles. The van der Waals surface area contributed by atoms with Gasteiger partial charge >= 0.3 is 5.97 Å². The molecule has 0 aromatic rings. The lowest BCUT2D eigenvalue weighted by atomic mass is 10.2. The van der Waals surface area contributed by atoms with Crippen LogP contribution in [-0.4, -0.2) is 13.1 Å². The standard InChI is InChI=1S/C7H9O2/c1-9-7(8)6-4-2-3-5-6/h2-4H2,1H3. The van der Waals surface area contributed by atoms with E-state index >= 15 is 0 Å². The molecule has 1 aliphatic carbocycles. The highest BCUT2D eigenvalue weighted by Crippen LogP contribution is 2.16. The zero-order valence-electron chi connectivity index (χ0n) is 5.44. The summed E-state index contributed by atoms with van der Waals surface area (Å²) in [6, 6.07) is 0. The van der Waals surface area contributed by atoms with Gasteiger partial charge in [-0.2, -0.15) is 0 Å². The summed E-state index contributed by atoms with van der Waals surface area (Å²) in [5, 5.41) is 0. The fraction of sp³-hybridized carbons (Fsp3) is 0.571. The van der Waals surface area contributed by atoms with Gasteiger partial charge in [0, 0.05) is 5.57 Å². The van der Waals surface area contributed by atoms with Gasteiger partial charge in [-0.1, -0.05) is 0 Å². The summed E-state index contributed by atoms with van der Waals surface area (Å²) in [7, 11) is 1.40. The van der Waals surface area contributed by atoms with E-state index in [9.17, 15) is 4.79 Å². The monoisotopic (exact) mass is 125 g/mol. The third-order valence-electron chi connectivity index (χ3n) is 1.37. The molecule has 1 radical (unpaired) electrons. The van der Waals surface area contributed by atoms with Crippen molar-refractivity contribution >= 4 is 5.97 Å². The number of ether oxygens (including phenoxy) is 1. The smallest absolute Gasteiger partial charge is 0.334 e. The largest absolute Gasteiger partial charge is 0.466 e. The van der Waals surface area contributed by atoms with Crippen LogP contribution in [0.3, 0.4) is 0 Å². The van der Waals surface area contributed by atoms with Crippen LogP contribution >= 0.6 is 0 Å². The molecule has 0 N–H and O–H groups in total. The van der Waals surface area contributed by atoms with Gasteiger partial charge in [-0.3, -0.25) is 0 Å². The summed E-state index contributed by atoms with van der Waals surface area (Å²) in [4.78, 5) is 10.7. The molecule has 0 fully saturated rings. The van der Waals surface area contributed by atoms with Crippen LogP contribution in [0.5, 0.6) is 0 Å². The lowest BCUT2D eigenvalue weighted by Gasteiger charge is -1.95. The minimum Gasteiger partial charge on any atom is -0.466 e. The maximum Gasteiger partial charge on any atom is 0.334 e. The Labute approximate surface area is 54.5 Å². The highest BCUT2D eigenvalue weighted by atomic mass is 16.5. The summed E-state index contributed by atoms with van der Waals surface area (Å²) in [6.45, 7) is 0. The molecule has 0 saturated carbocycles. The fourth-order valence-electron chi connectivity index (χ4n) is 0.890. The predicted octanol–water partition coefficient (Wildman–Crippen LogP) is 1.07. The van der Waals surface area contributed by atoms with E-state index < -0.39 is 0 Å². The second-order valence-electron chi connectivity index (χ2n) is 2.00. The molecule has 49 valence electrons. The van der Waals surface area contributed by atoms with Gasteiger partial charge in [0.05, 0.1) is 7.11 Å². The van der Waals surface area contributed by atoms with Crippen molar-refractivity contribution in [3.05, 3.63) is 11.6 Å². The van der Waals surface area contributed by atoms with Crippen LogP contribution in [0.4, 0.5) is 0 Å². The molecule has 0 amide bonds. The lowest BCUT2D eigenvalue weighted by molar-refractivity contribution is -0.136. The molecular weight excluding hydrogens is 116 g/mol. The van der Waals surface area contributed by atoms with Crippen LogP contribution in [0.1, 0.15) is 19.3 Å². The summed E-state index contributed by atoms with van der Waals surface area (Å²) in [5.74, 6) is -0.215. The third kappa shape index (κ3) is 1.31. The molecule has 0 bridgehead atoms. The molecule has 0 heterocycles. The Morgan fingerprint density at radius 2 is 2.56 bits per heavy atom. The molecule has 2 heteroatoms. The van der Waals surface area contributed by atoms with E-state index in [1.165, 1.54) is 7.11 Å². The Morgan fingerprint density at radius 3 is 3.00 bits per heavy atom. The number of carbonyl (C=O) groups excluding carboxylic acids is 1. The number of carbonyl (C=O) groups is 1. The number of hydrogen-bond acceptors (Lipinski definition) is 2. The average Bonchev–Trinajstić information content (AvgIpc) is 2.37. The van der Waals surface area contributed by atoms with Crippen molar-refractivity contribution in [2.75, 3.05) is 7.11 Å². The van der Waals surface area contributed by atoms with E-state index in [1.807, 2.05) is 0 Å². The highest BCUT2D eigenvalue weighted by Gasteiger charge is 2.12. The molecule has 0 spiro atoms. The number of esters is 1. The molecule has 1 rings (SSSR count). The van der Waals surface area contributed by atoms with Crippen LogP contribution in [-0.2, 0) is 9.53 Å². The first-order valence-electron chi connectivity index (χ1n) is 3.02. The van der Waals surface area contributed by atoms with E-state index in [-0.39, 0.29) is 5.97 Å². The van der Waals surface area contributed by atoms with E-state index in [4.69, 9.17) is 0 Å². The van der Waals surface area contributed by atoms with Crippen molar-refractivity contribution in [3.63, 3.8) is 0 Å². The first-order chi connectivity index (χ1) is 4.34. The fourth-order valence-corrected chi connectivity index (χ4v) is 0.890. The van der Waals surface area contributed by atoms with E-state index in [0.29, 0.717) is 0 Å². The number of allylic oxidation sites excluding steroid dienone is 1. The Morgan fingerprint density at radius 1 is 1.78 bits per heavy atom. The van der Waals surface area contributed by atoms with E-state index in [1.54, 1.807) is 0 Å². The summed E-state index contributed by atoms with van der Waals surface area (Å²) in [5.41, 5.74) is 0.720. The van der Waals surface area contributed by atoms with Crippen molar-refractivity contribution in [2.45, 2.75) is 19.3 Å². The molecule has 9 heavy (non-hydrogen) atoms. The summed E-state index contributed by atoms with van der Waals surface area (Å²) >= 11 is 0. The first-order valence-corrected chi connectivity index (χ1v) is 3.02. The van der Waals surface area contributed by atoms with Crippen molar-refractivity contribution in [3.8, 4) is 0 Å². The molecule has 1 aliphatic rings. The van der Waals surface area contributed by atoms with Crippen LogP contribution < -0.4 is 0 Å². The maximum atomic E-state index is 10.7. The summed E-state index contributed by atoms with van der Waals surface area (Å²) < 4.78 is 4.50.